The van der Waals surface area contributed by atoms with Crippen molar-refractivity contribution in [2.45, 2.75) is 45.2 Å². The van der Waals surface area contributed by atoms with Gasteiger partial charge in [0.1, 0.15) is 17.9 Å². The third-order valence-corrected chi connectivity index (χ3v) is 4.98. The Hall–Kier alpha value is -1.62. The van der Waals surface area contributed by atoms with Crippen LogP contribution in [0.3, 0.4) is 0 Å². The van der Waals surface area contributed by atoms with Gasteiger partial charge in [0.25, 0.3) is 0 Å². The van der Waals surface area contributed by atoms with Crippen LogP contribution in [0.5, 0.6) is 0 Å². The van der Waals surface area contributed by atoms with Crippen molar-refractivity contribution >= 4 is 23.4 Å². The molecule has 1 aromatic carbocycles. The van der Waals surface area contributed by atoms with Crippen molar-refractivity contribution in [3.63, 3.8) is 0 Å². The molecule has 4 nitrogen and oxygen atoms in total. The van der Waals surface area contributed by atoms with E-state index in [4.69, 9.17) is 11.6 Å². The zero-order valence-electron chi connectivity index (χ0n) is 13.2. The van der Waals surface area contributed by atoms with Gasteiger partial charge in [0, 0.05) is 11.4 Å². The first-order valence-corrected chi connectivity index (χ1v) is 8.18. The Morgan fingerprint density at radius 1 is 1.22 bits per heavy atom. The number of amides is 2. The first-order valence-electron chi connectivity index (χ1n) is 7.80. The smallest absolute Gasteiger partial charge is 0.243 e. The molecule has 1 heterocycles. The molecule has 2 aliphatic rings. The van der Waals surface area contributed by atoms with Crippen LogP contribution in [0.1, 0.15) is 32.3 Å². The number of hydrogen-bond donors (Lipinski definition) is 2. The topological polar surface area (TPSA) is 58.2 Å². The predicted octanol–water partition coefficient (Wildman–Crippen LogP) is 2.44. The lowest BCUT2D eigenvalue weighted by atomic mass is 9.61. The Kier molecular flexibility index (Phi) is 4.08. The third-order valence-electron chi connectivity index (χ3n) is 4.75. The average Bonchev–Trinajstić information content (AvgIpc) is 2.44. The van der Waals surface area contributed by atoms with Gasteiger partial charge in [0.15, 0.2) is 0 Å². The summed E-state index contributed by atoms with van der Waals surface area (Å²) in [5, 5.41) is 5.93. The Morgan fingerprint density at radius 2 is 1.91 bits per heavy atom. The van der Waals surface area contributed by atoms with Gasteiger partial charge in [-0.3, -0.25) is 9.59 Å². The van der Waals surface area contributed by atoms with Crippen molar-refractivity contribution in [1.82, 2.24) is 10.6 Å². The summed E-state index contributed by atoms with van der Waals surface area (Å²) < 4.78 is 13.8. The van der Waals surface area contributed by atoms with E-state index in [2.05, 4.69) is 24.5 Å². The molecule has 1 aliphatic heterocycles. The standard InChI is InChI=1S/C17H20ClFN2O2/c1-17(2)7-10(8-17)14-16(23)20-13(15(22)21-14)6-9-5-11(18)3-4-12(9)19/h3-5,10,13-14H,6-8H2,1-2H3,(H,20,23)(H,21,22)/t13-,14?/m0/s1. The summed E-state index contributed by atoms with van der Waals surface area (Å²) in [6.07, 6.45) is 1.92. The number of carbonyl (C=O) groups is 2. The molecule has 23 heavy (non-hydrogen) atoms. The van der Waals surface area contributed by atoms with E-state index in [0.717, 1.165) is 12.8 Å². The lowest BCUT2D eigenvalue weighted by Crippen LogP contribution is -2.66. The molecule has 2 N–H and O–H groups in total. The van der Waals surface area contributed by atoms with Crippen LogP contribution < -0.4 is 10.6 Å². The van der Waals surface area contributed by atoms with Crippen molar-refractivity contribution in [1.29, 1.82) is 0 Å². The van der Waals surface area contributed by atoms with E-state index in [1.165, 1.54) is 18.2 Å². The third kappa shape index (κ3) is 3.34. The van der Waals surface area contributed by atoms with E-state index in [1.807, 2.05) is 0 Å². The normalized spacial score (nSPS) is 27.1. The minimum atomic E-state index is -0.764. The first-order chi connectivity index (χ1) is 10.7. The fourth-order valence-electron chi connectivity index (χ4n) is 3.64. The monoisotopic (exact) mass is 338 g/mol. The average molecular weight is 339 g/mol. The van der Waals surface area contributed by atoms with E-state index >= 15 is 0 Å². The number of hydrogen-bond acceptors (Lipinski definition) is 2. The van der Waals surface area contributed by atoms with E-state index in [0.29, 0.717) is 10.6 Å². The Morgan fingerprint density at radius 3 is 2.57 bits per heavy atom. The molecule has 6 heteroatoms. The van der Waals surface area contributed by atoms with Crippen molar-refractivity contribution in [2.75, 3.05) is 0 Å². The summed E-state index contributed by atoms with van der Waals surface area (Å²) in [6.45, 7) is 4.30. The molecule has 2 fully saturated rings. The molecule has 1 saturated carbocycles. The van der Waals surface area contributed by atoms with Crippen LogP contribution in [0.15, 0.2) is 18.2 Å². The molecule has 0 radical (unpaired) electrons. The highest BCUT2D eigenvalue weighted by molar-refractivity contribution is 6.30. The second kappa shape index (κ2) is 5.78. The molecule has 2 atom stereocenters. The summed E-state index contributed by atoms with van der Waals surface area (Å²) >= 11 is 5.86. The zero-order chi connectivity index (χ0) is 16.8. The maximum absolute atomic E-state index is 13.8. The van der Waals surface area contributed by atoms with Gasteiger partial charge in [0.05, 0.1) is 0 Å². The quantitative estimate of drug-likeness (QED) is 0.889. The highest BCUT2D eigenvalue weighted by Gasteiger charge is 2.46. The van der Waals surface area contributed by atoms with Gasteiger partial charge in [-0.15, -0.1) is 0 Å². The van der Waals surface area contributed by atoms with E-state index in [1.54, 1.807) is 0 Å². The molecular formula is C17H20ClFN2O2. The number of piperazine rings is 1. The zero-order valence-corrected chi connectivity index (χ0v) is 13.9. The Balaban J connectivity index is 1.67. The molecule has 124 valence electrons. The van der Waals surface area contributed by atoms with Crippen LogP contribution in [0.2, 0.25) is 5.02 Å². The molecule has 0 aromatic heterocycles. The molecule has 0 spiro atoms. The van der Waals surface area contributed by atoms with Gasteiger partial charge in [-0.25, -0.2) is 4.39 Å². The molecule has 2 amide bonds. The van der Waals surface area contributed by atoms with Crippen LogP contribution in [0.4, 0.5) is 4.39 Å². The maximum Gasteiger partial charge on any atom is 0.243 e. The lowest BCUT2D eigenvalue weighted by Gasteiger charge is -2.47. The number of halogens is 2. The highest BCUT2D eigenvalue weighted by atomic mass is 35.5. The molecule has 0 bridgehead atoms. The first kappa shape index (κ1) is 16.2. The predicted molar refractivity (Wildman–Crippen MR) is 85.5 cm³/mol. The van der Waals surface area contributed by atoms with Gasteiger partial charge in [0.2, 0.25) is 11.8 Å². The summed E-state index contributed by atoms with van der Waals surface area (Å²) in [5.41, 5.74) is 0.553. The van der Waals surface area contributed by atoms with Crippen molar-refractivity contribution < 1.29 is 14.0 Å². The number of nitrogens with one attached hydrogen (secondary N) is 2. The van der Waals surface area contributed by atoms with Gasteiger partial charge in [-0.2, -0.15) is 0 Å². The largest absolute Gasteiger partial charge is 0.342 e. The van der Waals surface area contributed by atoms with Crippen LogP contribution in [0, 0.1) is 17.2 Å². The number of carbonyl (C=O) groups excluding carboxylic acids is 2. The van der Waals surface area contributed by atoms with E-state index < -0.39 is 17.9 Å². The molecular weight excluding hydrogens is 319 g/mol. The second-order valence-corrected chi connectivity index (χ2v) is 7.76. The van der Waals surface area contributed by atoms with Crippen LogP contribution >= 0.6 is 11.6 Å². The number of rotatable bonds is 3. The number of benzene rings is 1. The van der Waals surface area contributed by atoms with Gasteiger partial charge < -0.3 is 10.6 Å². The fourth-order valence-corrected chi connectivity index (χ4v) is 3.83. The highest BCUT2D eigenvalue weighted by Crippen LogP contribution is 2.46. The van der Waals surface area contributed by atoms with Gasteiger partial charge >= 0.3 is 0 Å². The molecule has 1 saturated heterocycles. The maximum atomic E-state index is 13.8. The summed E-state index contributed by atoms with van der Waals surface area (Å²) in [6, 6.07) is 2.96. The van der Waals surface area contributed by atoms with Crippen molar-refractivity contribution in [3.05, 3.63) is 34.6 Å². The van der Waals surface area contributed by atoms with Gasteiger partial charge in [-0.05, 0) is 47.9 Å². The van der Waals surface area contributed by atoms with Crippen LogP contribution in [0.25, 0.3) is 0 Å². The van der Waals surface area contributed by atoms with Crippen LogP contribution in [-0.2, 0) is 16.0 Å². The molecule has 3 rings (SSSR count). The lowest BCUT2D eigenvalue weighted by molar-refractivity contribution is -0.140. The summed E-state index contributed by atoms with van der Waals surface area (Å²) in [7, 11) is 0. The van der Waals surface area contributed by atoms with Crippen molar-refractivity contribution in [3.8, 4) is 0 Å². The Bertz CT molecular complexity index is 654. The van der Waals surface area contributed by atoms with Crippen LogP contribution in [-0.4, -0.2) is 23.9 Å². The van der Waals surface area contributed by atoms with E-state index in [9.17, 15) is 14.0 Å². The van der Waals surface area contributed by atoms with E-state index in [-0.39, 0.29) is 29.6 Å². The molecule has 1 aliphatic carbocycles. The second-order valence-electron chi connectivity index (χ2n) is 7.32. The SMILES string of the molecule is CC1(C)CC(C2NC(=O)[C@H](Cc3cc(Cl)ccc3F)NC2=O)C1. The summed E-state index contributed by atoms with van der Waals surface area (Å²) in [4.78, 5) is 24.6. The fraction of sp³-hybridized carbons (Fsp3) is 0.529. The summed E-state index contributed by atoms with van der Waals surface area (Å²) in [5.74, 6) is -0.701. The molecule has 1 aromatic rings. The molecule has 1 unspecified atom stereocenters. The Labute approximate surface area is 139 Å². The minimum Gasteiger partial charge on any atom is -0.342 e. The minimum absolute atomic E-state index is 0.0901. The van der Waals surface area contributed by atoms with Gasteiger partial charge in [-0.1, -0.05) is 25.4 Å². The van der Waals surface area contributed by atoms with Crippen molar-refractivity contribution in [2.24, 2.45) is 11.3 Å².